The lowest BCUT2D eigenvalue weighted by Gasteiger charge is -2.17. The highest BCUT2D eigenvalue weighted by Gasteiger charge is 2.17. The van der Waals surface area contributed by atoms with Gasteiger partial charge in [0.15, 0.2) is 0 Å². The van der Waals surface area contributed by atoms with Gasteiger partial charge < -0.3 is 5.32 Å². The van der Waals surface area contributed by atoms with Crippen LogP contribution < -0.4 is 5.32 Å². The number of hydrogen-bond acceptors (Lipinski definition) is 3. The first kappa shape index (κ1) is 9.16. The van der Waals surface area contributed by atoms with Crippen LogP contribution in [-0.4, -0.2) is 11.0 Å². The molecule has 3 heteroatoms. The molecule has 1 fully saturated rings. The summed E-state index contributed by atoms with van der Waals surface area (Å²) in [6, 6.07) is 1.16. The zero-order valence-electron chi connectivity index (χ0n) is 7.99. The third-order valence-corrected chi connectivity index (χ3v) is 3.34. The minimum Gasteiger partial charge on any atom is -0.306 e. The molecule has 2 rings (SSSR count). The summed E-state index contributed by atoms with van der Waals surface area (Å²) in [5.74, 6) is 0. The van der Waals surface area contributed by atoms with Gasteiger partial charge in [0.25, 0.3) is 0 Å². The first-order chi connectivity index (χ1) is 6.36. The van der Waals surface area contributed by atoms with Crippen LogP contribution in [0.5, 0.6) is 0 Å². The number of rotatable bonds is 3. The Morgan fingerprint density at radius 3 is 2.92 bits per heavy atom. The van der Waals surface area contributed by atoms with E-state index in [4.69, 9.17) is 0 Å². The lowest BCUT2D eigenvalue weighted by molar-refractivity contribution is 0.456. The van der Waals surface area contributed by atoms with Crippen LogP contribution >= 0.6 is 11.3 Å². The quantitative estimate of drug-likeness (QED) is 0.804. The van der Waals surface area contributed by atoms with E-state index in [0.29, 0.717) is 6.04 Å². The van der Waals surface area contributed by atoms with Gasteiger partial charge in [-0.25, -0.2) is 4.98 Å². The molecule has 13 heavy (non-hydrogen) atoms. The first-order valence-electron chi connectivity index (χ1n) is 5.00. The Morgan fingerprint density at radius 2 is 2.31 bits per heavy atom. The zero-order valence-corrected chi connectivity index (χ0v) is 8.81. The minimum atomic E-state index is 0.425. The highest BCUT2D eigenvalue weighted by atomic mass is 32.1. The van der Waals surface area contributed by atoms with Crippen molar-refractivity contribution < 1.29 is 0 Å². The van der Waals surface area contributed by atoms with Gasteiger partial charge in [-0.15, -0.1) is 11.3 Å². The predicted molar refractivity (Wildman–Crippen MR) is 55.9 cm³/mol. The topological polar surface area (TPSA) is 24.9 Å². The fraction of sp³-hybridized carbons (Fsp3) is 0.700. The maximum atomic E-state index is 4.31. The summed E-state index contributed by atoms with van der Waals surface area (Å²) in [6.45, 7) is 2.20. The Labute approximate surface area is 83.4 Å². The number of nitrogens with one attached hydrogen (secondary N) is 1. The molecule has 0 aromatic carbocycles. The lowest BCUT2D eigenvalue weighted by Crippen LogP contribution is -2.28. The minimum absolute atomic E-state index is 0.425. The number of hydrogen-bond donors (Lipinski definition) is 1. The summed E-state index contributed by atoms with van der Waals surface area (Å²) in [5, 5.41) is 5.76. The summed E-state index contributed by atoms with van der Waals surface area (Å²) < 4.78 is 0. The number of thiazole rings is 1. The molecule has 1 saturated carbocycles. The Morgan fingerprint density at radius 1 is 1.54 bits per heavy atom. The van der Waals surface area contributed by atoms with Crippen molar-refractivity contribution in [3.8, 4) is 0 Å². The number of aromatic nitrogens is 1. The van der Waals surface area contributed by atoms with Crippen LogP contribution in [-0.2, 0) is 0 Å². The largest absolute Gasteiger partial charge is 0.306 e. The molecule has 1 atom stereocenters. The molecule has 72 valence electrons. The average molecular weight is 196 g/mol. The van der Waals surface area contributed by atoms with Gasteiger partial charge in [0.2, 0.25) is 0 Å². The lowest BCUT2D eigenvalue weighted by atomic mass is 10.2. The molecule has 1 aliphatic carbocycles. The van der Waals surface area contributed by atoms with E-state index in [0.717, 1.165) is 6.04 Å². The van der Waals surface area contributed by atoms with Gasteiger partial charge in [-0.2, -0.15) is 0 Å². The molecule has 1 heterocycles. The molecule has 0 saturated heterocycles. The average Bonchev–Trinajstić information content (AvgIpc) is 2.74. The first-order valence-corrected chi connectivity index (χ1v) is 5.94. The van der Waals surface area contributed by atoms with Crippen LogP contribution in [0.1, 0.15) is 44.3 Å². The van der Waals surface area contributed by atoms with Crippen LogP contribution in [0.3, 0.4) is 0 Å². The van der Waals surface area contributed by atoms with Gasteiger partial charge in [-0.05, 0) is 19.8 Å². The van der Waals surface area contributed by atoms with Crippen LogP contribution in [0.2, 0.25) is 0 Å². The smallest absolute Gasteiger partial charge is 0.0795 e. The van der Waals surface area contributed by atoms with E-state index in [9.17, 15) is 0 Å². The van der Waals surface area contributed by atoms with Gasteiger partial charge >= 0.3 is 0 Å². The second-order valence-electron chi connectivity index (χ2n) is 3.78. The van der Waals surface area contributed by atoms with E-state index >= 15 is 0 Å². The highest BCUT2D eigenvalue weighted by Crippen LogP contribution is 2.21. The normalized spacial score (nSPS) is 20.7. The van der Waals surface area contributed by atoms with E-state index in [1.807, 2.05) is 5.51 Å². The van der Waals surface area contributed by atoms with Gasteiger partial charge in [0.05, 0.1) is 11.2 Å². The van der Waals surface area contributed by atoms with Crippen molar-refractivity contribution in [3.63, 3.8) is 0 Å². The SMILES string of the molecule is CC(NC1CCCC1)c1cscn1. The molecule has 1 aromatic heterocycles. The Balaban J connectivity index is 1.87. The second kappa shape index (κ2) is 4.20. The highest BCUT2D eigenvalue weighted by molar-refractivity contribution is 7.07. The Kier molecular flexibility index (Phi) is 2.96. The van der Waals surface area contributed by atoms with E-state index in [1.54, 1.807) is 11.3 Å². The molecule has 0 radical (unpaired) electrons. The van der Waals surface area contributed by atoms with Gasteiger partial charge in [-0.1, -0.05) is 12.8 Å². The monoisotopic (exact) mass is 196 g/mol. The van der Waals surface area contributed by atoms with Gasteiger partial charge in [0.1, 0.15) is 0 Å². The molecule has 1 N–H and O–H groups in total. The fourth-order valence-electron chi connectivity index (χ4n) is 1.97. The van der Waals surface area contributed by atoms with E-state index in [2.05, 4.69) is 22.6 Å². The summed E-state index contributed by atoms with van der Waals surface area (Å²) in [7, 11) is 0. The molecule has 0 aliphatic heterocycles. The van der Waals surface area contributed by atoms with Crippen LogP contribution in [0.4, 0.5) is 0 Å². The van der Waals surface area contributed by atoms with E-state index in [-0.39, 0.29) is 0 Å². The van der Waals surface area contributed by atoms with Gasteiger partial charge in [-0.3, -0.25) is 0 Å². The summed E-state index contributed by atoms with van der Waals surface area (Å²) in [6.07, 6.45) is 5.46. The molecule has 1 aliphatic rings. The summed E-state index contributed by atoms with van der Waals surface area (Å²) in [5.41, 5.74) is 3.10. The van der Waals surface area contributed by atoms with Crippen molar-refractivity contribution in [3.05, 3.63) is 16.6 Å². The van der Waals surface area contributed by atoms with E-state index < -0.39 is 0 Å². The fourth-order valence-corrected chi connectivity index (χ4v) is 2.61. The van der Waals surface area contributed by atoms with Crippen LogP contribution in [0.15, 0.2) is 10.9 Å². The molecule has 0 spiro atoms. The standard InChI is InChI=1S/C10H16N2S/c1-8(10-6-13-7-11-10)12-9-4-2-3-5-9/h6-9,12H,2-5H2,1H3. The van der Waals surface area contributed by atoms with Crippen LogP contribution in [0, 0.1) is 0 Å². The maximum Gasteiger partial charge on any atom is 0.0795 e. The third-order valence-electron chi connectivity index (χ3n) is 2.74. The van der Waals surface area contributed by atoms with E-state index in [1.165, 1.54) is 31.4 Å². The third kappa shape index (κ3) is 2.29. The van der Waals surface area contributed by atoms with Crippen molar-refractivity contribution >= 4 is 11.3 Å². The van der Waals surface area contributed by atoms with Crippen molar-refractivity contribution in [2.24, 2.45) is 0 Å². The molecule has 1 unspecified atom stereocenters. The Hall–Kier alpha value is -0.410. The molecule has 1 aromatic rings. The Bertz CT molecular complexity index is 239. The molecule has 0 amide bonds. The van der Waals surface area contributed by atoms with Crippen molar-refractivity contribution in [1.82, 2.24) is 10.3 Å². The molecular weight excluding hydrogens is 180 g/mol. The molecular formula is C10H16N2S. The number of nitrogens with zero attached hydrogens (tertiary/aromatic N) is 1. The second-order valence-corrected chi connectivity index (χ2v) is 4.50. The molecule has 2 nitrogen and oxygen atoms in total. The van der Waals surface area contributed by atoms with Crippen molar-refractivity contribution in [2.75, 3.05) is 0 Å². The summed E-state index contributed by atoms with van der Waals surface area (Å²) in [4.78, 5) is 4.31. The van der Waals surface area contributed by atoms with Crippen molar-refractivity contribution in [1.29, 1.82) is 0 Å². The van der Waals surface area contributed by atoms with Gasteiger partial charge in [0, 0.05) is 17.5 Å². The predicted octanol–water partition coefficient (Wildman–Crippen LogP) is 2.74. The maximum absolute atomic E-state index is 4.31. The zero-order chi connectivity index (χ0) is 9.10. The van der Waals surface area contributed by atoms with Crippen LogP contribution in [0.25, 0.3) is 0 Å². The summed E-state index contributed by atoms with van der Waals surface area (Å²) >= 11 is 1.67. The molecule has 0 bridgehead atoms. The van der Waals surface area contributed by atoms with Crippen molar-refractivity contribution in [2.45, 2.75) is 44.7 Å².